The van der Waals surface area contributed by atoms with Crippen molar-refractivity contribution < 1.29 is 4.79 Å². The van der Waals surface area contributed by atoms with Crippen molar-refractivity contribution in [2.24, 2.45) is 5.92 Å². The maximum Gasteiger partial charge on any atom is 0.228 e. The van der Waals surface area contributed by atoms with Gasteiger partial charge in [0.15, 0.2) is 0 Å². The zero-order valence-electron chi connectivity index (χ0n) is 13.4. The van der Waals surface area contributed by atoms with Gasteiger partial charge in [0, 0.05) is 19.6 Å². The minimum Gasteiger partial charge on any atom is -0.370 e. The first-order valence-electron chi connectivity index (χ1n) is 8.20. The second-order valence-electron chi connectivity index (χ2n) is 6.10. The number of nitrogens with one attached hydrogen (secondary N) is 2. The molecule has 0 unspecified atom stereocenters. The van der Waals surface area contributed by atoms with E-state index in [2.05, 4.69) is 27.7 Å². The van der Waals surface area contributed by atoms with Crippen molar-refractivity contribution in [3.05, 3.63) is 24.3 Å². The standard InChI is InChI=1S/C17H25N3O.2ClH/c21-17(14-7-6-10-18-13-14)19-15-8-2-3-9-16(15)20-11-4-1-5-12-20;;/h2-3,8-9,14,18H,1,4-7,10-13H2,(H,19,21);2*1H/t14-;;/m1../s1. The maximum atomic E-state index is 12.4. The Bertz CT molecular complexity index is 486. The fraction of sp³-hybridized carbons (Fsp3) is 0.588. The van der Waals surface area contributed by atoms with Crippen LogP contribution in [0.2, 0.25) is 0 Å². The molecule has 130 valence electrons. The van der Waals surface area contributed by atoms with Crippen LogP contribution >= 0.6 is 24.8 Å². The van der Waals surface area contributed by atoms with Crippen LogP contribution in [0.3, 0.4) is 0 Å². The summed E-state index contributed by atoms with van der Waals surface area (Å²) in [6.07, 6.45) is 5.89. The fourth-order valence-electron chi connectivity index (χ4n) is 3.30. The van der Waals surface area contributed by atoms with Crippen LogP contribution in [0.1, 0.15) is 32.1 Å². The number of para-hydroxylation sites is 2. The minimum absolute atomic E-state index is 0. The maximum absolute atomic E-state index is 12.4. The highest BCUT2D eigenvalue weighted by molar-refractivity contribution is 5.96. The largest absolute Gasteiger partial charge is 0.370 e. The summed E-state index contributed by atoms with van der Waals surface area (Å²) in [4.78, 5) is 14.8. The van der Waals surface area contributed by atoms with E-state index in [9.17, 15) is 4.79 Å². The molecule has 0 spiro atoms. The van der Waals surface area contributed by atoms with Crippen molar-refractivity contribution >= 4 is 42.1 Å². The van der Waals surface area contributed by atoms with Gasteiger partial charge in [-0.25, -0.2) is 0 Å². The molecule has 23 heavy (non-hydrogen) atoms. The first-order chi connectivity index (χ1) is 10.3. The number of carbonyl (C=O) groups is 1. The van der Waals surface area contributed by atoms with Crippen LogP contribution in [-0.2, 0) is 4.79 Å². The highest BCUT2D eigenvalue weighted by Gasteiger charge is 2.22. The van der Waals surface area contributed by atoms with Crippen molar-refractivity contribution in [3.8, 4) is 0 Å². The molecule has 2 fully saturated rings. The molecule has 0 saturated carbocycles. The van der Waals surface area contributed by atoms with Gasteiger partial charge in [0.05, 0.1) is 17.3 Å². The minimum atomic E-state index is 0. The lowest BCUT2D eigenvalue weighted by Crippen LogP contribution is -2.37. The van der Waals surface area contributed by atoms with Crippen LogP contribution in [0.25, 0.3) is 0 Å². The van der Waals surface area contributed by atoms with Gasteiger partial charge in [0.1, 0.15) is 0 Å². The normalized spacial score (nSPS) is 20.9. The Hall–Kier alpha value is -0.970. The second-order valence-corrected chi connectivity index (χ2v) is 6.10. The molecule has 2 heterocycles. The summed E-state index contributed by atoms with van der Waals surface area (Å²) in [6, 6.07) is 8.21. The molecule has 1 aromatic carbocycles. The van der Waals surface area contributed by atoms with Crippen LogP contribution < -0.4 is 15.5 Å². The first kappa shape index (κ1) is 20.1. The molecule has 6 heteroatoms. The highest BCUT2D eigenvalue weighted by atomic mass is 35.5. The molecule has 0 aromatic heterocycles. The van der Waals surface area contributed by atoms with Crippen LogP contribution in [0.4, 0.5) is 11.4 Å². The van der Waals surface area contributed by atoms with Crippen molar-refractivity contribution in [2.45, 2.75) is 32.1 Å². The van der Waals surface area contributed by atoms with E-state index in [1.54, 1.807) is 0 Å². The van der Waals surface area contributed by atoms with Gasteiger partial charge < -0.3 is 15.5 Å². The third-order valence-electron chi connectivity index (χ3n) is 4.53. The Kier molecular flexibility index (Phi) is 8.74. The van der Waals surface area contributed by atoms with Gasteiger partial charge in [-0.15, -0.1) is 24.8 Å². The lowest BCUT2D eigenvalue weighted by atomic mass is 9.98. The van der Waals surface area contributed by atoms with Crippen molar-refractivity contribution in [3.63, 3.8) is 0 Å². The second kappa shape index (κ2) is 10.0. The summed E-state index contributed by atoms with van der Waals surface area (Å²) in [6.45, 7) is 4.03. The van der Waals surface area contributed by atoms with E-state index in [0.29, 0.717) is 0 Å². The van der Waals surface area contributed by atoms with E-state index >= 15 is 0 Å². The highest BCUT2D eigenvalue weighted by Crippen LogP contribution is 2.29. The number of nitrogens with zero attached hydrogens (tertiary/aromatic N) is 1. The van der Waals surface area contributed by atoms with Crippen molar-refractivity contribution in [2.75, 3.05) is 36.4 Å². The number of hydrogen-bond donors (Lipinski definition) is 2. The SMILES string of the molecule is Cl.Cl.O=C(Nc1ccccc1N1CCCCC1)[C@@H]1CCCNC1. The van der Waals surface area contributed by atoms with Crippen molar-refractivity contribution in [1.82, 2.24) is 5.32 Å². The molecule has 2 aliphatic rings. The third kappa shape index (κ3) is 5.27. The third-order valence-corrected chi connectivity index (χ3v) is 4.53. The summed E-state index contributed by atoms with van der Waals surface area (Å²) < 4.78 is 0. The zero-order chi connectivity index (χ0) is 14.5. The summed E-state index contributed by atoms with van der Waals surface area (Å²) >= 11 is 0. The molecule has 1 aromatic rings. The van der Waals surface area contributed by atoms with E-state index in [4.69, 9.17) is 0 Å². The lowest BCUT2D eigenvalue weighted by molar-refractivity contribution is -0.120. The zero-order valence-corrected chi connectivity index (χ0v) is 15.1. The van der Waals surface area contributed by atoms with Gasteiger partial charge in [-0.2, -0.15) is 0 Å². The van der Waals surface area contributed by atoms with Crippen LogP contribution in [-0.4, -0.2) is 32.1 Å². The molecule has 2 saturated heterocycles. The van der Waals surface area contributed by atoms with E-state index in [1.165, 1.54) is 24.9 Å². The number of halogens is 2. The molecule has 4 nitrogen and oxygen atoms in total. The van der Waals surface area contributed by atoms with Gasteiger partial charge in [0.2, 0.25) is 5.91 Å². The quantitative estimate of drug-likeness (QED) is 0.868. The molecule has 2 N–H and O–H groups in total. The Morgan fingerprint density at radius 1 is 1.09 bits per heavy atom. The smallest absolute Gasteiger partial charge is 0.228 e. The predicted octanol–water partition coefficient (Wildman–Crippen LogP) is 3.46. The van der Waals surface area contributed by atoms with E-state index in [-0.39, 0.29) is 36.6 Å². The topological polar surface area (TPSA) is 44.4 Å². The number of rotatable bonds is 3. The Balaban J connectivity index is 0.00000132. The van der Waals surface area contributed by atoms with Gasteiger partial charge >= 0.3 is 0 Å². The molecule has 0 radical (unpaired) electrons. The summed E-state index contributed by atoms with van der Waals surface area (Å²) in [5.74, 6) is 0.264. The number of benzene rings is 1. The molecule has 1 amide bonds. The Morgan fingerprint density at radius 2 is 1.83 bits per heavy atom. The average Bonchev–Trinajstić information content (AvgIpc) is 2.57. The first-order valence-corrected chi connectivity index (χ1v) is 8.20. The molecular formula is C17H27Cl2N3O. The van der Waals surface area contributed by atoms with Crippen LogP contribution in [0.5, 0.6) is 0 Å². The van der Waals surface area contributed by atoms with E-state index in [0.717, 1.165) is 44.7 Å². The van der Waals surface area contributed by atoms with E-state index < -0.39 is 0 Å². The Morgan fingerprint density at radius 3 is 2.52 bits per heavy atom. The van der Waals surface area contributed by atoms with Gasteiger partial charge in [-0.05, 0) is 50.8 Å². The predicted molar refractivity (Wildman–Crippen MR) is 101 cm³/mol. The Labute approximate surface area is 151 Å². The molecule has 3 rings (SSSR count). The van der Waals surface area contributed by atoms with Crippen molar-refractivity contribution in [1.29, 1.82) is 0 Å². The number of anilines is 2. The summed E-state index contributed by atoms with van der Waals surface area (Å²) in [5, 5.41) is 6.47. The molecule has 0 bridgehead atoms. The van der Waals surface area contributed by atoms with Gasteiger partial charge in [0.25, 0.3) is 0 Å². The summed E-state index contributed by atoms with van der Waals surface area (Å²) in [5.41, 5.74) is 2.14. The van der Waals surface area contributed by atoms with Crippen LogP contribution in [0.15, 0.2) is 24.3 Å². The van der Waals surface area contributed by atoms with Gasteiger partial charge in [-0.1, -0.05) is 12.1 Å². The van der Waals surface area contributed by atoms with E-state index in [1.807, 2.05) is 12.1 Å². The average molecular weight is 360 g/mol. The fourth-order valence-corrected chi connectivity index (χ4v) is 3.30. The molecule has 0 aliphatic carbocycles. The summed E-state index contributed by atoms with van der Waals surface area (Å²) in [7, 11) is 0. The molecular weight excluding hydrogens is 333 g/mol. The number of carbonyl (C=O) groups excluding carboxylic acids is 1. The molecule has 1 atom stereocenters. The lowest BCUT2D eigenvalue weighted by Gasteiger charge is -2.31. The van der Waals surface area contributed by atoms with Crippen LogP contribution in [0, 0.1) is 5.92 Å². The molecule has 2 aliphatic heterocycles. The number of amides is 1. The van der Waals surface area contributed by atoms with Gasteiger partial charge in [-0.3, -0.25) is 4.79 Å². The monoisotopic (exact) mass is 359 g/mol. The number of piperidine rings is 2. The number of hydrogen-bond acceptors (Lipinski definition) is 3.